The molecule has 0 bridgehead atoms. The van der Waals surface area contributed by atoms with Crippen molar-refractivity contribution in [2.45, 2.75) is 52.0 Å². The minimum atomic E-state index is -0.101. The molecule has 1 aromatic carbocycles. The van der Waals surface area contributed by atoms with Gasteiger partial charge in [0.1, 0.15) is 0 Å². The Labute approximate surface area is 180 Å². The van der Waals surface area contributed by atoms with Gasteiger partial charge in [-0.25, -0.2) is 0 Å². The number of carbonyl (C=O) groups is 2. The first-order valence-corrected chi connectivity index (χ1v) is 11.2. The normalized spacial score (nSPS) is 25.2. The maximum Gasteiger partial charge on any atom is 0.309 e. The zero-order chi connectivity index (χ0) is 20.8. The van der Waals surface area contributed by atoms with E-state index in [1.54, 1.807) is 11.3 Å². The van der Waals surface area contributed by atoms with Gasteiger partial charge in [0.2, 0.25) is 0 Å². The highest BCUT2D eigenvalue weighted by Gasteiger charge is 2.58. The molecule has 1 spiro atoms. The first-order chi connectivity index (χ1) is 13.8. The van der Waals surface area contributed by atoms with Crippen molar-refractivity contribution in [3.63, 3.8) is 0 Å². The molecule has 0 saturated heterocycles. The van der Waals surface area contributed by atoms with Crippen molar-refractivity contribution in [2.24, 2.45) is 11.3 Å². The molecule has 0 aliphatic heterocycles. The van der Waals surface area contributed by atoms with E-state index >= 15 is 0 Å². The molecular weight excluding hydrogens is 406 g/mol. The molecule has 1 heterocycles. The minimum Gasteiger partial charge on any atom is -0.469 e. The Bertz CT molecular complexity index is 944. The van der Waals surface area contributed by atoms with E-state index in [0.717, 1.165) is 53.7 Å². The van der Waals surface area contributed by atoms with Crippen LogP contribution in [0.4, 0.5) is 0 Å². The van der Waals surface area contributed by atoms with Gasteiger partial charge in [-0.15, -0.1) is 11.3 Å². The molecule has 0 radical (unpaired) electrons. The number of esters is 1. The number of hydrogen-bond acceptors (Lipinski definition) is 4. The van der Waals surface area contributed by atoms with Crippen molar-refractivity contribution >= 4 is 34.8 Å². The van der Waals surface area contributed by atoms with E-state index in [1.807, 2.05) is 31.2 Å². The van der Waals surface area contributed by atoms with E-state index < -0.39 is 0 Å². The Morgan fingerprint density at radius 3 is 2.48 bits per heavy atom. The smallest absolute Gasteiger partial charge is 0.309 e. The van der Waals surface area contributed by atoms with Crippen LogP contribution in [0.1, 0.15) is 56.9 Å². The number of thiophene rings is 1. The van der Waals surface area contributed by atoms with Crippen molar-refractivity contribution in [2.75, 3.05) is 7.11 Å². The lowest BCUT2D eigenvalue weighted by molar-refractivity contribution is -0.167. The van der Waals surface area contributed by atoms with Gasteiger partial charge < -0.3 is 10.1 Å². The number of rotatable bonds is 5. The fraction of sp³-hybridized carbons (Fsp3) is 0.478. The van der Waals surface area contributed by atoms with Crippen LogP contribution < -0.4 is 5.32 Å². The monoisotopic (exact) mass is 431 g/mol. The Hall–Kier alpha value is -1.85. The van der Waals surface area contributed by atoms with E-state index in [1.165, 1.54) is 12.0 Å². The topological polar surface area (TPSA) is 55.4 Å². The van der Waals surface area contributed by atoms with E-state index in [2.05, 4.69) is 12.2 Å². The third-order valence-corrected chi connectivity index (χ3v) is 8.02. The lowest BCUT2D eigenvalue weighted by Crippen LogP contribution is -2.60. The molecule has 2 aliphatic rings. The average molecular weight is 432 g/mol. The number of halogens is 1. The van der Waals surface area contributed by atoms with Crippen LogP contribution in [0, 0.1) is 25.2 Å². The average Bonchev–Trinajstić information content (AvgIpc) is 2.91. The van der Waals surface area contributed by atoms with Crippen LogP contribution in [0.2, 0.25) is 5.02 Å². The fourth-order valence-corrected chi connectivity index (χ4v) is 6.22. The molecule has 2 aromatic rings. The number of carbonyl (C=O) groups excluding carboxylic acids is 2. The van der Waals surface area contributed by atoms with Crippen molar-refractivity contribution in [3.05, 3.63) is 55.7 Å². The van der Waals surface area contributed by atoms with Crippen molar-refractivity contribution in [1.29, 1.82) is 0 Å². The van der Waals surface area contributed by atoms with Crippen LogP contribution in [0.3, 0.4) is 0 Å². The highest BCUT2D eigenvalue weighted by Crippen LogP contribution is 2.60. The highest BCUT2D eigenvalue weighted by atomic mass is 35.5. The molecule has 4 nitrogen and oxygen atoms in total. The van der Waals surface area contributed by atoms with Crippen LogP contribution >= 0.6 is 22.9 Å². The van der Waals surface area contributed by atoms with E-state index in [9.17, 15) is 9.59 Å². The van der Waals surface area contributed by atoms with Gasteiger partial charge >= 0.3 is 5.97 Å². The summed E-state index contributed by atoms with van der Waals surface area (Å²) >= 11 is 7.67. The van der Waals surface area contributed by atoms with Gasteiger partial charge in [0, 0.05) is 20.8 Å². The summed E-state index contributed by atoms with van der Waals surface area (Å²) in [6.07, 6.45) is 4.41. The second kappa shape index (κ2) is 7.77. The van der Waals surface area contributed by atoms with Crippen molar-refractivity contribution in [3.8, 4) is 0 Å². The Morgan fingerprint density at radius 1 is 1.21 bits per heavy atom. The number of nitrogens with one attached hydrogen (secondary N) is 1. The number of ether oxygens (including phenoxy) is 1. The second-order valence-electron chi connectivity index (χ2n) is 8.43. The zero-order valence-corrected chi connectivity index (χ0v) is 18.6. The fourth-order valence-electron chi connectivity index (χ4n) is 5.02. The summed E-state index contributed by atoms with van der Waals surface area (Å²) in [5.74, 6) is -0.0913. The quantitative estimate of drug-likeness (QED) is 0.672. The summed E-state index contributed by atoms with van der Waals surface area (Å²) in [5.41, 5.74) is 3.10. The standard InChI is InChI=1S/C23H26ClNO3S/c1-13-18(10-15-4-6-16(24)7-5-15)20(14(2)29-13)21(26)25-17-11-23(12-17)9-8-19(23)22(27)28-3/h4-7,17,19H,8-12H2,1-3H3,(H,25,26). The van der Waals surface area contributed by atoms with Gasteiger partial charge in [0.15, 0.2) is 0 Å². The number of aryl methyl sites for hydroxylation is 2. The molecule has 1 aromatic heterocycles. The van der Waals surface area contributed by atoms with E-state index in [0.29, 0.717) is 5.02 Å². The molecule has 6 heteroatoms. The SMILES string of the molecule is COC(=O)C1CCC12CC(NC(=O)c1c(C)sc(C)c1Cc1ccc(Cl)cc1)C2. The summed E-state index contributed by atoms with van der Waals surface area (Å²) in [6, 6.07) is 7.92. The Balaban J connectivity index is 1.45. The molecule has 1 N–H and O–H groups in total. The summed E-state index contributed by atoms with van der Waals surface area (Å²) in [5, 5.41) is 3.93. The molecule has 1 amide bonds. The van der Waals surface area contributed by atoms with Gasteiger partial charge in [0.25, 0.3) is 5.91 Å². The van der Waals surface area contributed by atoms with Crippen molar-refractivity contribution < 1.29 is 14.3 Å². The molecule has 2 saturated carbocycles. The van der Waals surface area contributed by atoms with Crippen LogP contribution in [0.25, 0.3) is 0 Å². The van der Waals surface area contributed by atoms with Gasteiger partial charge in [0.05, 0.1) is 18.6 Å². The molecular formula is C23H26ClNO3S. The Kier molecular flexibility index (Phi) is 5.47. The van der Waals surface area contributed by atoms with Crippen LogP contribution in [-0.2, 0) is 16.0 Å². The van der Waals surface area contributed by atoms with Crippen LogP contribution in [0.15, 0.2) is 24.3 Å². The number of benzene rings is 1. The van der Waals surface area contributed by atoms with E-state index in [4.69, 9.17) is 16.3 Å². The highest BCUT2D eigenvalue weighted by molar-refractivity contribution is 7.12. The predicted octanol–water partition coefficient (Wildman–Crippen LogP) is 5.07. The van der Waals surface area contributed by atoms with Gasteiger partial charge in [-0.05, 0) is 74.6 Å². The minimum absolute atomic E-state index is 0.00426. The maximum absolute atomic E-state index is 13.1. The molecule has 2 aliphatic carbocycles. The van der Waals surface area contributed by atoms with Crippen LogP contribution in [-0.4, -0.2) is 25.0 Å². The third-order valence-electron chi connectivity index (χ3n) is 6.70. The first-order valence-electron chi connectivity index (χ1n) is 10.0. The number of amides is 1. The van der Waals surface area contributed by atoms with Gasteiger partial charge in [-0.1, -0.05) is 23.7 Å². The summed E-state index contributed by atoms with van der Waals surface area (Å²) < 4.78 is 4.94. The second-order valence-corrected chi connectivity index (χ2v) is 10.3. The molecule has 29 heavy (non-hydrogen) atoms. The third kappa shape index (κ3) is 3.71. The predicted molar refractivity (Wildman–Crippen MR) is 116 cm³/mol. The lowest BCUT2D eigenvalue weighted by atomic mass is 9.48. The zero-order valence-electron chi connectivity index (χ0n) is 17.0. The molecule has 4 rings (SSSR count). The van der Waals surface area contributed by atoms with Crippen molar-refractivity contribution in [1.82, 2.24) is 5.32 Å². The first kappa shape index (κ1) is 20.4. The summed E-state index contributed by atoms with van der Waals surface area (Å²) in [7, 11) is 1.45. The van der Waals surface area contributed by atoms with E-state index in [-0.39, 0.29) is 29.3 Å². The van der Waals surface area contributed by atoms with Crippen LogP contribution in [0.5, 0.6) is 0 Å². The summed E-state index contributed by atoms with van der Waals surface area (Å²) in [6.45, 7) is 4.09. The summed E-state index contributed by atoms with van der Waals surface area (Å²) in [4.78, 5) is 27.3. The number of methoxy groups -OCH3 is 1. The molecule has 154 valence electrons. The molecule has 1 atom stereocenters. The molecule has 2 fully saturated rings. The Morgan fingerprint density at radius 2 is 1.90 bits per heavy atom. The number of hydrogen-bond donors (Lipinski definition) is 1. The molecule has 1 unspecified atom stereocenters. The van der Waals surface area contributed by atoms with Gasteiger partial charge in [-0.2, -0.15) is 0 Å². The largest absolute Gasteiger partial charge is 0.469 e. The van der Waals surface area contributed by atoms with Gasteiger partial charge in [-0.3, -0.25) is 9.59 Å². The lowest BCUT2D eigenvalue weighted by Gasteiger charge is -2.58. The maximum atomic E-state index is 13.1.